The summed E-state index contributed by atoms with van der Waals surface area (Å²) >= 11 is 5.94. The second-order valence-corrected chi connectivity index (χ2v) is 4.47. The first kappa shape index (κ1) is 11.0. The highest BCUT2D eigenvalue weighted by Crippen LogP contribution is 2.45. The summed E-state index contributed by atoms with van der Waals surface area (Å²) in [6, 6.07) is 7.39. The molecule has 1 aromatic rings. The molecule has 0 radical (unpaired) electrons. The van der Waals surface area contributed by atoms with Crippen LogP contribution in [0.15, 0.2) is 18.2 Å². The van der Waals surface area contributed by atoms with Gasteiger partial charge in [-0.1, -0.05) is 17.7 Å². The van der Waals surface area contributed by atoms with Crippen LogP contribution < -0.4 is 5.32 Å². The molecule has 0 atom stereocenters. The van der Waals surface area contributed by atoms with E-state index in [-0.39, 0.29) is 5.91 Å². The zero-order valence-electron chi connectivity index (χ0n) is 8.88. The highest BCUT2D eigenvalue weighted by Gasteiger charge is 2.50. The van der Waals surface area contributed by atoms with Crippen LogP contribution >= 0.6 is 11.6 Å². The van der Waals surface area contributed by atoms with Crippen molar-refractivity contribution in [1.82, 2.24) is 0 Å². The molecule has 4 heteroatoms. The molecule has 0 spiro atoms. The van der Waals surface area contributed by atoms with Gasteiger partial charge in [0.25, 0.3) is 0 Å². The molecule has 82 valence electrons. The lowest BCUT2D eigenvalue weighted by Gasteiger charge is -2.11. The molecule has 2 rings (SSSR count). The van der Waals surface area contributed by atoms with Crippen LogP contribution in [0.5, 0.6) is 0 Å². The number of rotatable bonds is 2. The minimum Gasteiger partial charge on any atom is -0.324 e. The summed E-state index contributed by atoms with van der Waals surface area (Å²) in [6.45, 7) is 1.84. The molecule has 1 fully saturated rings. The average Bonchev–Trinajstić information content (AvgIpc) is 3.05. The first-order chi connectivity index (χ1) is 7.59. The van der Waals surface area contributed by atoms with Crippen LogP contribution in [0.25, 0.3) is 0 Å². The Bertz CT molecular complexity index is 486. The summed E-state index contributed by atoms with van der Waals surface area (Å²) in [4.78, 5) is 11.8. The van der Waals surface area contributed by atoms with Gasteiger partial charge in [0.1, 0.15) is 5.41 Å². The summed E-state index contributed by atoms with van der Waals surface area (Å²) in [5.74, 6) is -0.222. The molecule has 3 nitrogen and oxygen atoms in total. The normalized spacial score (nSPS) is 16.3. The number of carbonyl (C=O) groups is 1. The number of anilines is 1. The Morgan fingerprint density at radius 2 is 2.25 bits per heavy atom. The summed E-state index contributed by atoms with van der Waals surface area (Å²) in [6.07, 6.45) is 1.30. The SMILES string of the molecule is Cc1c(Cl)cccc1NC(=O)C1(C#N)CC1. The van der Waals surface area contributed by atoms with Crippen molar-refractivity contribution in [1.29, 1.82) is 5.26 Å². The number of benzene rings is 1. The first-order valence-corrected chi connectivity index (χ1v) is 5.45. The number of nitriles is 1. The van der Waals surface area contributed by atoms with Crippen molar-refractivity contribution in [2.24, 2.45) is 5.41 Å². The van der Waals surface area contributed by atoms with Gasteiger partial charge in [-0.25, -0.2) is 0 Å². The lowest BCUT2D eigenvalue weighted by atomic mass is 10.1. The van der Waals surface area contributed by atoms with E-state index in [1.165, 1.54) is 0 Å². The molecule has 0 aromatic heterocycles. The predicted octanol–water partition coefficient (Wildman–Crippen LogP) is 2.89. The van der Waals surface area contributed by atoms with Crippen molar-refractivity contribution in [2.75, 3.05) is 5.32 Å². The molecule has 0 saturated heterocycles. The molecule has 0 heterocycles. The predicted molar refractivity (Wildman–Crippen MR) is 62.1 cm³/mol. The fraction of sp³-hybridized carbons (Fsp3) is 0.333. The zero-order valence-corrected chi connectivity index (χ0v) is 9.64. The summed E-state index contributed by atoms with van der Waals surface area (Å²) in [5, 5.41) is 12.3. The van der Waals surface area contributed by atoms with E-state index < -0.39 is 5.41 Å². The smallest absolute Gasteiger partial charge is 0.244 e. The van der Waals surface area contributed by atoms with Gasteiger partial charge < -0.3 is 5.32 Å². The van der Waals surface area contributed by atoms with Crippen molar-refractivity contribution in [3.8, 4) is 6.07 Å². The molecular formula is C12H11ClN2O. The Balaban J connectivity index is 2.20. The molecule has 1 saturated carbocycles. The number of carbonyl (C=O) groups excluding carboxylic acids is 1. The number of nitrogens with one attached hydrogen (secondary N) is 1. The van der Waals surface area contributed by atoms with E-state index in [1.807, 2.05) is 6.92 Å². The van der Waals surface area contributed by atoms with Crippen molar-refractivity contribution in [3.05, 3.63) is 28.8 Å². The Hall–Kier alpha value is -1.53. The monoisotopic (exact) mass is 234 g/mol. The Kier molecular flexibility index (Phi) is 2.61. The van der Waals surface area contributed by atoms with Crippen LogP contribution in [-0.2, 0) is 4.79 Å². The van der Waals surface area contributed by atoms with Crippen molar-refractivity contribution in [2.45, 2.75) is 19.8 Å². The molecule has 1 aromatic carbocycles. The van der Waals surface area contributed by atoms with Gasteiger partial charge in [-0.05, 0) is 37.5 Å². The van der Waals surface area contributed by atoms with Gasteiger partial charge in [0.2, 0.25) is 5.91 Å². The Morgan fingerprint density at radius 3 is 2.81 bits per heavy atom. The van der Waals surface area contributed by atoms with Gasteiger partial charge >= 0.3 is 0 Å². The van der Waals surface area contributed by atoms with Crippen LogP contribution in [0.2, 0.25) is 5.02 Å². The molecule has 0 unspecified atom stereocenters. The van der Waals surface area contributed by atoms with Crippen molar-refractivity contribution in [3.63, 3.8) is 0 Å². The van der Waals surface area contributed by atoms with Crippen LogP contribution in [0.3, 0.4) is 0 Å². The molecule has 16 heavy (non-hydrogen) atoms. The molecule has 0 bridgehead atoms. The molecule has 0 aliphatic heterocycles. The van der Waals surface area contributed by atoms with Crippen LogP contribution in [-0.4, -0.2) is 5.91 Å². The average molecular weight is 235 g/mol. The fourth-order valence-corrected chi connectivity index (χ4v) is 1.67. The molecule has 1 aliphatic carbocycles. The van der Waals surface area contributed by atoms with Gasteiger partial charge in [0.05, 0.1) is 6.07 Å². The number of amides is 1. The Morgan fingerprint density at radius 1 is 1.56 bits per heavy atom. The molecule has 1 amide bonds. The lowest BCUT2D eigenvalue weighted by molar-refractivity contribution is -0.119. The van der Waals surface area contributed by atoms with Crippen LogP contribution in [0, 0.1) is 23.7 Å². The van der Waals surface area contributed by atoms with Gasteiger partial charge in [-0.3, -0.25) is 4.79 Å². The number of nitrogens with zero attached hydrogens (tertiary/aromatic N) is 1. The van der Waals surface area contributed by atoms with Crippen LogP contribution in [0.4, 0.5) is 5.69 Å². The second-order valence-electron chi connectivity index (χ2n) is 4.06. The number of halogens is 1. The maximum Gasteiger partial charge on any atom is 0.244 e. The highest BCUT2D eigenvalue weighted by atomic mass is 35.5. The van der Waals surface area contributed by atoms with E-state index >= 15 is 0 Å². The largest absolute Gasteiger partial charge is 0.324 e. The Labute approximate surface area is 99.0 Å². The zero-order chi connectivity index (χ0) is 11.8. The van der Waals surface area contributed by atoms with Gasteiger partial charge in [0, 0.05) is 10.7 Å². The first-order valence-electron chi connectivity index (χ1n) is 5.07. The third-order valence-electron chi connectivity index (χ3n) is 2.91. The van der Waals surface area contributed by atoms with Crippen molar-refractivity contribution >= 4 is 23.2 Å². The highest BCUT2D eigenvalue weighted by molar-refractivity contribution is 6.31. The summed E-state index contributed by atoms with van der Waals surface area (Å²) in [5.41, 5.74) is 0.708. The third kappa shape index (κ3) is 1.77. The third-order valence-corrected chi connectivity index (χ3v) is 3.32. The minimum absolute atomic E-state index is 0.222. The lowest BCUT2D eigenvalue weighted by Crippen LogP contribution is -2.23. The fourth-order valence-electron chi connectivity index (χ4n) is 1.50. The van der Waals surface area contributed by atoms with Gasteiger partial charge in [-0.15, -0.1) is 0 Å². The molecular weight excluding hydrogens is 224 g/mol. The standard InChI is InChI=1S/C12H11ClN2O/c1-8-9(13)3-2-4-10(8)15-11(16)12(7-14)5-6-12/h2-4H,5-6H2,1H3,(H,15,16). The topological polar surface area (TPSA) is 52.9 Å². The maximum atomic E-state index is 11.8. The number of hydrogen-bond acceptors (Lipinski definition) is 2. The van der Waals surface area contributed by atoms with Gasteiger partial charge in [-0.2, -0.15) is 5.26 Å². The van der Waals surface area contributed by atoms with Crippen molar-refractivity contribution < 1.29 is 4.79 Å². The van der Waals surface area contributed by atoms with Gasteiger partial charge in [0.15, 0.2) is 0 Å². The van der Waals surface area contributed by atoms with E-state index in [0.717, 1.165) is 5.56 Å². The minimum atomic E-state index is -0.797. The summed E-state index contributed by atoms with van der Waals surface area (Å²) in [7, 11) is 0. The summed E-state index contributed by atoms with van der Waals surface area (Å²) < 4.78 is 0. The maximum absolute atomic E-state index is 11.8. The second kappa shape index (κ2) is 3.80. The van der Waals surface area contributed by atoms with E-state index in [1.54, 1.807) is 18.2 Å². The molecule has 1 N–H and O–H groups in total. The molecule has 1 aliphatic rings. The van der Waals surface area contributed by atoms with Crippen LogP contribution in [0.1, 0.15) is 18.4 Å². The van der Waals surface area contributed by atoms with E-state index in [9.17, 15) is 4.79 Å². The quantitative estimate of drug-likeness (QED) is 0.856. The van der Waals surface area contributed by atoms with E-state index in [4.69, 9.17) is 16.9 Å². The number of hydrogen-bond donors (Lipinski definition) is 1. The van der Waals surface area contributed by atoms with E-state index in [2.05, 4.69) is 11.4 Å². The van der Waals surface area contributed by atoms with E-state index in [0.29, 0.717) is 23.6 Å².